The van der Waals surface area contributed by atoms with Gasteiger partial charge in [-0.25, -0.2) is 9.37 Å². The molecular formula is C23H26FN5O3. The van der Waals surface area contributed by atoms with E-state index < -0.39 is 17.8 Å². The molecule has 1 aromatic carbocycles. The van der Waals surface area contributed by atoms with Crippen LogP contribution in [-0.2, 0) is 24.1 Å². The van der Waals surface area contributed by atoms with Crippen LogP contribution >= 0.6 is 0 Å². The van der Waals surface area contributed by atoms with Crippen LogP contribution in [0, 0.1) is 5.82 Å². The summed E-state index contributed by atoms with van der Waals surface area (Å²) in [6.45, 7) is 0.960. The number of aryl methyl sites for hydroxylation is 3. The predicted octanol–water partition coefficient (Wildman–Crippen LogP) is 3.42. The maximum atomic E-state index is 14.2. The van der Waals surface area contributed by atoms with Crippen LogP contribution in [0.3, 0.4) is 0 Å². The van der Waals surface area contributed by atoms with Gasteiger partial charge < -0.3 is 15.2 Å². The van der Waals surface area contributed by atoms with E-state index in [0.717, 1.165) is 49.4 Å². The molecule has 0 saturated carbocycles. The van der Waals surface area contributed by atoms with Gasteiger partial charge in [-0.2, -0.15) is 15.0 Å². The zero-order chi connectivity index (χ0) is 22.5. The average molecular weight is 439 g/mol. The third-order valence-corrected chi connectivity index (χ3v) is 5.58. The Balaban J connectivity index is 1.42. The molecule has 9 heteroatoms. The molecule has 4 rings (SSSR count). The lowest BCUT2D eigenvalue weighted by Crippen LogP contribution is -2.18. The van der Waals surface area contributed by atoms with Crippen molar-refractivity contribution < 1.29 is 19.0 Å². The number of ether oxygens (including phenoxy) is 1. The van der Waals surface area contributed by atoms with E-state index in [9.17, 15) is 14.3 Å². The zero-order valence-electron chi connectivity index (χ0n) is 17.9. The number of methoxy groups -OCH3 is 1. The summed E-state index contributed by atoms with van der Waals surface area (Å²) in [6, 6.07) is 7.88. The van der Waals surface area contributed by atoms with Gasteiger partial charge in [0.15, 0.2) is 11.6 Å². The van der Waals surface area contributed by atoms with E-state index in [2.05, 4.69) is 27.6 Å². The van der Waals surface area contributed by atoms with E-state index in [1.807, 2.05) is 0 Å². The Kier molecular flexibility index (Phi) is 6.63. The highest BCUT2D eigenvalue weighted by Crippen LogP contribution is 2.26. The van der Waals surface area contributed by atoms with Crippen LogP contribution in [0.15, 0.2) is 36.5 Å². The highest BCUT2D eigenvalue weighted by molar-refractivity contribution is 5.68. The number of carboxylic acid groups (broad SMARTS) is 1. The van der Waals surface area contributed by atoms with Crippen molar-refractivity contribution in [2.45, 2.75) is 44.6 Å². The number of halogens is 1. The van der Waals surface area contributed by atoms with Gasteiger partial charge in [0.25, 0.3) is 0 Å². The molecule has 32 heavy (non-hydrogen) atoms. The lowest BCUT2D eigenvalue weighted by atomic mass is 10.0. The average Bonchev–Trinajstić information content (AvgIpc) is 3.26. The molecule has 0 bridgehead atoms. The molecule has 168 valence electrons. The predicted molar refractivity (Wildman–Crippen MR) is 116 cm³/mol. The number of anilines is 1. The first-order chi connectivity index (χ1) is 15.5. The lowest BCUT2D eigenvalue weighted by Gasteiger charge is -2.17. The summed E-state index contributed by atoms with van der Waals surface area (Å²) < 4.78 is 19.1. The van der Waals surface area contributed by atoms with E-state index in [1.54, 1.807) is 12.3 Å². The summed E-state index contributed by atoms with van der Waals surface area (Å²) in [5.41, 5.74) is 3.52. The maximum absolute atomic E-state index is 14.2. The Morgan fingerprint density at radius 2 is 2.12 bits per heavy atom. The molecule has 0 fully saturated rings. The Hall–Kier alpha value is -3.49. The highest BCUT2D eigenvalue weighted by atomic mass is 19.1. The molecule has 1 aliphatic rings. The lowest BCUT2D eigenvalue weighted by molar-refractivity contribution is -0.137. The normalized spacial score (nSPS) is 13.8. The number of carboxylic acids is 1. The summed E-state index contributed by atoms with van der Waals surface area (Å²) >= 11 is 0. The van der Waals surface area contributed by atoms with Gasteiger partial charge in [0.1, 0.15) is 11.9 Å². The van der Waals surface area contributed by atoms with Gasteiger partial charge in [0.2, 0.25) is 0 Å². The fourth-order valence-corrected chi connectivity index (χ4v) is 3.92. The minimum atomic E-state index is -1.02. The quantitative estimate of drug-likeness (QED) is 0.527. The summed E-state index contributed by atoms with van der Waals surface area (Å²) in [7, 11) is 1.38. The molecule has 0 spiro atoms. The molecule has 0 radical (unpaired) electrons. The first-order valence-corrected chi connectivity index (χ1v) is 10.7. The Labute approximate surface area is 185 Å². The van der Waals surface area contributed by atoms with Crippen molar-refractivity contribution in [1.82, 2.24) is 20.0 Å². The van der Waals surface area contributed by atoms with Crippen LogP contribution in [0.4, 0.5) is 10.2 Å². The molecule has 2 aromatic heterocycles. The molecule has 8 nitrogen and oxygen atoms in total. The van der Waals surface area contributed by atoms with E-state index in [1.165, 1.54) is 29.6 Å². The largest absolute Gasteiger partial charge is 0.494 e. The number of nitrogens with one attached hydrogen (secondary N) is 1. The van der Waals surface area contributed by atoms with Crippen molar-refractivity contribution in [3.05, 3.63) is 64.9 Å². The van der Waals surface area contributed by atoms with Crippen LogP contribution in [0.2, 0.25) is 0 Å². The summed E-state index contributed by atoms with van der Waals surface area (Å²) in [5.74, 6) is -0.483. The SMILES string of the molecule is COc1ccc([C@H](CC(=O)O)n2ncc(CCCc3ccc4c(n3)NCCC4)n2)cc1F. The molecule has 2 N–H and O–H groups in total. The highest BCUT2D eigenvalue weighted by Gasteiger charge is 2.21. The molecule has 3 heterocycles. The minimum Gasteiger partial charge on any atom is -0.494 e. The van der Waals surface area contributed by atoms with Gasteiger partial charge in [0.05, 0.1) is 25.4 Å². The van der Waals surface area contributed by atoms with Gasteiger partial charge >= 0.3 is 5.97 Å². The van der Waals surface area contributed by atoms with Crippen molar-refractivity contribution in [1.29, 1.82) is 0 Å². The fraction of sp³-hybridized carbons (Fsp3) is 0.391. The number of aromatic nitrogens is 4. The van der Waals surface area contributed by atoms with Crippen LogP contribution in [-0.4, -0.2) is 44.7 Å². The van der Waals surface area contributed by atoms with Gasteiger partial charge in [-0.1, -0.05) is 12.1 Å². The second-order valence-corrected chi connectivity index (χ2v) is 7.86. The monoisotopic (exact) mass is 439 g/mol. The molecule has 0 amide bonds. The summed E-state index contributed by atoms with van der Waals surface area (Å²) in [5, 5.41) is 21.4. The topological polar surface area (TPSA) is 102 Å². The van der Waals surface area contributed by atoms with E-state index in [-0.39, 0.29) is 12.2 Å². The number of hydrogen-bond donors (Lipinski definition) is 2. The van der Waals surface area contributed by atoms with E-state index >= 15 is 0 Å². The first-order valence-electron chi connectivity index (χ1n) is 10.7. The second kappa shape index (κ2) is 9.76. The van der Waals surface area contributed by atoms with Crippen LogP contribution < -0.4 is 10.1 Å². The number of carbonyl (C=O) groups is 1. The fourth-order valence-electron chi connectivity index (χ4n) is 3.92. The number of benzene rings is 1. The summed E-state index contributed by atoms with van der Waals surface area (Å²) in [6.07, 6.45) is 5.91. The maximum Gasteiger partial charge on any atom is 0.305 e. The van der Waals surface area contributed by atoms with Crippen molar-refractivity contribution in [2.24, 2.45) is 0 Å². The zero-order valence-corrected chi connectivity index (χ0v) is 17.9. The molecule has 0 saturated heterocycles. The van der Waals surface area contributed by atoms with E-state index in [4.69, 9.17) is 9.72 Å². The second-order valence-electron chi connectivity index (χ2n) is 7.86. The molecule has 0 unspecified atom stereocenters. The smallest absolute Gasteiger partial charge is 0.305 e. The van der Waals surface area contributed by atoms with Gasteiger partial charge in [-0.3, -0.25) is 4.79 Å². The number of aliphatic carboxylic acids is 1. The summed E-state index contributed by atoms with van der Waals surface area (Å²) in [4.78, 5) is 17.5. The molecule has 1 atom stereocenters. The van der Waals surface area contributed by atoms with Gasteiger partial charge in [0, 0.05) is 12.2 Å². The number of nitrogens with zero attached hydrogens (tertiary/aromatic N) is 4. The number of hydrogen-bond acceptors (Lipinski definition) is 6. The standard InChI is InChI=1S/C23H26FN5O3/c1-32-21-10-8-16(12-19(21)24)20(13-22(30)31)29-26-14-18(28-29)6-2-5-17-9-7-15-4-3-11-25-23(15)27-17/h7-10,12,14,20H,2-6,11,13H2,1H3,(H,25,27)(H,30,31)/t20-/m0/s1. The van der Waals surface area contributed by atoms with E-state index in [0.29, 0.717) is 12.0 Å². The molecular weight excluding hydrogens is 413 g/mol. The number of pyridine rings is 1. The van der Waals surface area contributed by atoms with Crippen LogP contribution in [0.25, 0.3) is 0 Å². The van der Waals surface area contributed by atoms with Crippen molar-refractivity contribution in [3.63, 3.8) is 0 Å². The van der Waals surface area contributed by atoms with Gasteiger partial charge in [-0.15, -0.1) is 0 Å². The first kappa shape index (κ1) is 21.7. The third-order valence-electron chi connectivity index (χ3n) is 5.58. The Bertz CT molecular complexity index is 1100. The molecule has 3 aromatic rings. The number of fused-ring (bicyclic) bond motifs is 1. The number of rotatable bonds is 9. The molecule has 1 aliphatic heterocycles. The Morgan fingerprint density at radius 1 is 1.28 bits per heavy atom. The van der Waals surface area contributed by atoms with Crippen molar-refractivity contribution in [2.75, 3.05) is 19.0 Å². The van der Waals surface area contributed by atoms with Crippen molar-refractivity contribution in [3.8, 4) is 5.75 Å². The van der Waals surface area contributed by atoms with Crippen LogP contribution in [0.1, 0.15) is 47.8 Å². The molecule has 0 aliphatic carbocycles. The third kappa shape index (κ3) is 5.04. The van der Waals surface area contributed by atoms with Crippen molar-refractivity contribution >= 4 is 11.8 Å². The van der Waals surface area contributed by atoms with Crippen LogP contribution in [0.5, 0.6) is 5.75 Å². The minimum absolute atomic E-state index is 0.0999. The Morgan fingerprint density at radius 3 is 2.91 bits per heavy atom. The van der Waals surface area contributed by atoms with Gasteiger partial charge in [-0.05, 0) is 61.4 Å².